The molecule has 12 heteroatoms. The van der Waals surface area contributed by atoms with Gasteiger partial charge in [0.25, 0.3) is 0 Å². The maximum atomic E-state index is 15.2. The first-order valence-electron chi connectivity index (χ1n) is 13.8. The molecule has 0 bridgehead atoms. The van der Waals surface area contributed by atoms with Crippen LogP contribution < -0.4 is 9.47 Å². The number of aromatic amines is 2. The van der Waals surface area contributed by atoms with Gasteiger partial charge in [0.05, 0.1) is 17.9 Å². The quantitative estimate of drug-likeness (QED) is 0.201. The van der Waals surface area contributed by atoms with Crippen LogP contribution in [0.15, 0.2) is 54.6 Å². The average molecular weight is 632 g/mol. The molecule has 1 aliphatic heterocycles. The zero-order valence-electron chi connectivity index (χ0n) is 23.3. The molecule has 7 nitrogen and oxygen atoms in total. The van der Waals surface area contributed by atoms with E-state index in [-0.39, 0.29) is 29.4 Å². The fraction of sp³-hybridized carbons (Fsp3) is 0.323. The Morgan fingerprint density at radius 2 is 2.05 bits per heavy atom. The summed E-state index contributed by atoms with van der Waals surface area (Å²) in [4.78, 5) is 10.4. The predicted molar refractivity (Wildman–Crippen MR) is 159 cm³/mol. The number of aromatic nitrogens is 3. The minimum absolute atomic E-state index is 0.0412. The molecule has 4 aromatic rings. The number of aliphatic hydroxyl groups is 1. The van der Waals surface area contributed by atoms with Crippen LogP contribution >= 0.6 is 11.6 Å². The van der Waals surface area contributed by atoms with E-state index in [1.165, 1.54) is 24.6 Å². The smallest absolute Gasteiger partial charge is 0.182 e. The number of rotatable bonds is 8. The van der Waals surface area contributed by atoms with Crippen molar-refractivity contribution < 1.29 is 32.0 Å². The van der Waals surface area contributed by atoms with Gasteiger partial charge in [-0.2, -0.15) is 0 Å². The van der Waals surface area contributed by atoms with Crippen LogP contribution in [0.4, 0.5) is 13.2 Å². The average Bonchev–Trinajstić information content (AvgIpc) is 3.67. The molecule has 4 unspecified atom stereocenters. The van der Waals surface area contributed by atoms with Crippen LogP contribution in [-0.4, -0.2) is 49.8 Å². The molecule has 3 N–H and O–H groups in total. The van der Waals surface area contributed by atoms with Crippen LogP contribution in [-0.2, 0) is 22.6 Å². The third-order valence-corrected chi connectivity index (χ3v) is 9.64. The van der Waals surface area contributed by atoms with Crippen LogP contribution in [0, 0.1) is 5.82 Å². The van der Waals surface area contributed by atoms with Crippen LogP contribution in [0.25, 0.3) is 17.2 Å². The van der Waals surface area contributed by atoms with Gasteiger partial charge in [0, 0.05) is 57.8 Å². The first-order valence-corrected chi connectivity index (χ1v) is 15.8. The molecule has 0 saturated carbocycles. The van der Waals surface area contributed by atoms with Gasteiger partial charge in [-0.15, -0.1) is 0 Å². The number of hydrogen-bond donors (Lipinski definition) is 3. The number of benzene rings is 2. The molecular formula is C31H29ClF3N3O4S. The Balaban J connectivity index is 1.34. The van der Waals surface area contributed by atoms with Crippen molar-refractivity contribution in [2.24, 2.45) is 0 Å². The maximum Gasteiger partial charge on any atom is 0.182 e. The Morgan fingerprint density at radius 1 is 1.23 bits per heavy atom. The van der Waals surface area contributed by atoms with Gasteiger partial charge < -0.3 is 24.5 Å². The summed E-state index contributed by atoms with van der Waals surface area (Å²) in [5.41, 5.74) is 2.21. The lowest BCUT2D eigenvalue weighted by Gasteiger charge is -2.36. The Hall–Kier alpha value is -3.54. The number of nitrogens with zero attached hydrogens (tertiary/aromatic N) is 1. The number of aliphatic hydroxyl groups excluding tert-OH is 1. The molecule has 0 radical (unpaired) electrons. The van der Waals surface area contributed by atoms with Crippen LogP contribution in [0.2, 0.25) is 5.02 Å². The molecule has 2 aromatic carbocycles. The molecule has 2 aliphatic rings. The highest BCUT2D eigenvalue weighted by Crippen LogP contribution is 2.47. The number of H-pyrrole nitrogens is 2. The second kappa shape index (κ2) is 11.5. The zero-order valence-corrected chi connectivity index (χ0v) is 24.9. The van der Waals surface area contributed by atoms with E-state index in [9.17, 15) is 13.7 Å². The highest BCUT2D eigenvalue weighted by Gasteiger charge is 2.42. The van der Waals surface area contributed by atoms with Gasteiger partial charge in [-0.3, -0.25) is 4.21 Å². The lowest BCUT2D eigenvalue weighted by atomic mass is 9.74. The number of hydrogen-bond acceptors (Lipinski definition) is 5. The first kappa shape index (κ1) is 29.5. The fourth-order valence-electron chi connectivity index (χ4n) is 5.92. The molecule has 0 spiro atoms. The van der Waals surface area contributed by atoms with E-state index in [1.807, 2.05) is 19.1 Å². The summed E-state index contributed by atoms with van der Waals surface area (Å²) in [6, 6.07) is 9.06. The number of fused-ring (bicyclic) bond motifs is 2. The molecule has 6 rings (SSSR count). The van der Waals surface area contributed by atoms with Crippen molar-refractivity contribution in [3.05, 3.63) is 93.5 Å². The molecular weight excluding hydrogens is 603 g/mol. The third kappa shape index (κ3) is 5.17. The summed E-state index contributed by atoms with van der Waals surface area (Å²) in [7, 11) is -1.62. The number of nitrogens with one attached hydrogen (secondary N) is 2. The molecule has 3 heterocycles. The largest absolute Gasteiger partial charge is 0.493 e. The Kier molecular flexibility index (Phi) is 7.91. The van der Waals surface area contributed by atoms with Gasteiger partial charge >= 0.3 is 0 Å². The summed E-state index contributed by atoms with van der Waals surface area (Å²) in [6.07, 6.45) is 4.73. The van der Waals surface area contributed by atoms with Crippen molar-refractivity contribution >= 4 is 28.2 Å². The van der Waals surface area contributed by atoms with Crippen molar-refractivity contribution in [3.63, 3.8) is 0 Å². The van der Waals surface area contributed by atoms with E-state index in [2.05, 4.69) is 15.0 Å². The van der Waals surface area contributed by atoms with E-state index < -0.39 is 45.0 Å². The van der Waals surface area contributed by atoms with E-state index in [4.69, 9.17) is 21.1 Å². The van der Waals surface area contributed by atoms with Gasteiger partial charge in [0.1, 0.15) is 28.4 Å². The standard InChI is InChI=1S/C31H29ClF3N3O4S/c1-31(8-11-41-27-16(4-3-10-39)12-17(32)13-21(27)31)23-15-37-30(38-23)20-14-18(5-6-22(20)33)42-28-25(35)24(34)26-19(7-9-36-26)29(28)43(2)40/h5-7,9,12-15,28-29,36,39H,3-4,8,10-11H2,1-2H3,(H,37,38). The summed E-state index contributed by atoms with van der Waals surface area (Å²) in [6.45, 7) is 2.50. The lowest BCUT2D eigenvalue weighted by Crippen LogP contribution is -2.32. The molecule has 1 aliphatic carbocycles. The fourth-order valence-corrected chi connectivity index (χ4v) is 7.23. The minimum atomic E-state index is -1.62. The van der Waals surface area contributed by atoms with Crippen molar-refractivity contribution in [3.8, 4) is 22.9 Å². The molecule has 226 valence electrons. The summed E-state index contributed by atoms with van der Waals surface area (Å²) in [5.74, 6) is -1.93. The highest BCUT2D eigenvalue weighted by molar-refractivity contribution is 7.84. The predicted octanol–water partition coefficient (Wildman–Crippen LogP) is 6.70. The summed E-state index contributed by atoms with van der Waals surface area (Å²) in [5, 5.41) is 8.90. The molecule has 43 heavy (non-hydrogen) atoms. The van der Waals surface area contributed by atoms with Crippen molar-refractivity contribution in [2.45, 2.75) is 43.0 Å². The van der Waals surface area contributed by atoms with Crippen LogP contribution in [0.1, 0.15) is 53.1 Å². The molecule has 0 fully saturated rings. The normalized spacial score (nSPS) is 22.1. The maximum absolute atomic E-state index is 15.2. The van der Waals surface area contributed by atoms with E-state index in [1.54, 1.807) is 12.3 Å². The third-order valence-electron chi connectivity index (χ3n) is 8.20. The molecule has 2 aromatic heterocycles. The van der Waals surface area contributed by atoms with E-state index in [0.717, 1.165) is 17.2 Å². The van der Waals surface area contributed by atoms with Gasteiger partial charge in [0.15, 0.2) is 17.8 Å². The summed E-state index contributed by atoms with van der Waals surface area (Å²) >= 11 is 6.48. The second-order valence-corrected chi connectivity index (χ2v) is 12.9. The zero-order chi connectivity index (χ0) is 30.5. The van der Waals surface area contributed by atoms with Crippen molar-refractivity contribution in [1.29, 1.82) is 0 Å². The van der Waals surface area contributed by atoms with Gasteiger partial charge in [-0.25, -0.2) is 18.2 Å². The van der Waals surface area contributed by atoms with Crippen LogP contribution in [0.5, 0.6) is 11.5 Å². The monoisotopic (exact) mass is 631 g/mol. The molecule has 4 atom stereocenters. The van der Waals surface area contributed by atoms with Gasteiger partial charge in [-0.1, -0.05) is 11.6 Å². The molecule has 0 amide bonds. The van der Waals surface area contributed by atoms with Gasteiger partial charge in [-0.05, 0) is 73.7 Å². The van der Waals surface area contributed by atoms with Gasteiger partial charge in [0.2, 0.25) is 0 Å². The van der Waals surface area contributed by atoms with E-state index >= 15 is 8.78 Å². The van der Waals surface area contributed by atoms with Crippen LogP contribution in [0.3, 0.4) is 0 Å². The molecule has 0 saturated heterocycles. The highest BCUT2D eigenvalue weighted by atomic mass is 35.5. The Labute approximate surface area is 253 Å². The van der Waals surface area contributed by atoms with Crippen molar-refractivity contribution in [1.82, 2.24) is 15.0 Å². The second-order valence-electron chi connectivity index (χ2n) is 10.9. The summed E-state index contributed by atoms with van der Waals surface area (Å²) < 4.78 is 69.7. The number of ether oxygens (including phenoxy) is 2. The van der Waals surface area contributed by atoms with E-state index in [0.29, 0.717) is 47.9 Å². The first-order chi connectivity index (χ1) is 20.6. The Morgan fingerprint density at radius 3 is 2.81 bits per heavy atom. The minimum Gasteiger partial charge on any atom is -0.493 e. The van der Waals surface area contributed by atoms with Crippen molar-refractivity contribution in [2.75, 3.05) is 19.5 Å². The number of halogens is 4. The SMILES string of the molecule is CS(=O)C1c2cc[nH]c2C(F)=C(F)C1Oc1ccc(F)c(-c2ncc(C3(C)CCOc4c(CCCO)cc(Cl)cc43)[nH]2)c1. The Bertz CT molecular complexity index is 1760. The lowest BCUT2D eigenvalue weighted by molar-refractivity contribution is 0.199. The number of aryl methyl sites for hydroxylation is 1. The number of imidazole rings is 1. The topological polar surface area (TPSA) is 100 Å².